The molecule has 118 valence electrons. The average Bonchev–Trinajstić information content (AvgIpc) is 2.70. The van der Waals surface area contributed by atoms with Crippen LogP contribution >= 0.6 is 38.5 Å². The SMILES string of the molecule is CN1C(=O)[C@@](O)(CC(=O)c2ccc(I)cc2)c2cc(Br)ccc21. The van der Waals surface area contributed by atoms with Crippen molar-refractivity contribution in [3.8, 4) is 0 Å². The second-order valence-corrected chi connectivity index (χ2v) is 7.65. The van der Waals surface area contributed by atoms with E-state index >= 15 is 0 Å². The molecule has 1 aliphatic rings. The summed E-state index contributed by atoms with van der Waals surface area (Å²) in [5.74, 6) is -0.747. The van der Waals surface area contributed by atoms with Gasteiger partial charge in [-0.3, -0.25) is 9.59 Å². The van der Waals surface area contributed by atoms with Crippen molar-refractivity contribution in [3.05, 3.63) is 61.6 Å². The number of carbonyl (C=O) groups excluding carboxylic acids is 2. The van der Waals surface area contributed by atoms with E-state index in [9.17, 15) is 14.7 Å². The molecule has 0 fully saturated rings. The molecule has 1 atom stereocenters. The predicted octanol–water partition coefficient (Wildman–Crippen LogP) is 3.49. The van der Waals surface area contributed by atoms with Gasteiger partial charge >= 0.3 is 0 Å². The Morgan fingerprint density at radius 3 is 2.57 bits per heavy atom. The number of fused-ring (bicyclic) bond motifs is 1. The maximum Gasteiger partial charge on any atom is 0.263 e. The lowest BCUT2D eigenvalue weighted by Gasteiger charge is -2.21. The van der Waals surface area contributed by atoms with E-state index in [0.717, 1.165) is 8.04 Å². The molecule has 1 amide bonds. The molecular formula is C17H13BrINO3. The van der Waals surface area contributed by atoms with Gasteiger partial charge in [-0.2, -0.15) is 0 Å². The van der Waals surface area contributed by atoms with Gasteiger partial charge in [-0.05, 0) is 52.9 Å². The monoisotopic (exact) mass is 485 g/mol. The first-order valence-corrected chi connectivity index (χ1v) is 8.79. The highest BCUT2D eigenvalue weighted by atomic mass is 127. The van der Waals surface area contributed by atoms with Crippen LogP contribution in [0.1, 0.15) is 22.3 Å². The number of ketones is 1. The molecule has 4 nitrogen and oxygen atoms in total. The van der Waals surface area contributed by atoms with Crippen LogP contribution in [0.15, 0.2) is 46.9 Å². The van der Waals surface area contributed by atoms with Crippen molar-refractivity contribution < 1.29 is 14.7 Å². The van der Waals surface area contributed by atoms with E-state index in [1.54, 1.807) is 37.4 Å². The van der Waals surface area contributed by atoms with Gasteiger partial charge in [0.05, 0.1) is 12.1 Å². The molecule has 0 saturated carbocycles. The van der Waals surface area contributed by atoms with Crippen LogP contribution < -0.4 is 4.90 Å². The summed E-state index contributed by atoms with van der Waals surface area (Å²) < 4.78 is 1.77. The number of aliphatic hydroxyl groups is 1. The molecule has 3 rings (SSSR count). The zero-order valence-corrected chi connectivity index (χ0v) is 16.0. The largest absolute Gasteiger partial charge is 0.375 e. The molecule has 0 aliphatic carbocycles. The Morgan fingerprint density at radius 1 is 1.26 bits per heavy atom. The topological polar surface area (TPSA) is 57.6 Å². The smallest absolute Gasteiger partial charge is 0.263 e. The maximum absolute atomic E-state index is 12.5. The van der Waals surface area contributed by atoms with Crippen molar-refractivity contribution in [2.75, 3.05) is 11.9 Å². The minimum absolute atomic E-state index is 0.265. The summed E-state index contributed by atoms with van der Waals surface area (Å²) in [6.45, 7) is 0. The summed E-state index contributed by atoms with van der Waals surface area (Å²) in [7, 11) is 1.60. The number of benzene rings is 2. The Hall–Kier alpha value is -1.25. The van der Waals surface area contributed by atoms with Crippen LogP contribution in [0.5, 0.6) is 0 Å². The van der Waals surface area contributed by atoms with Crippen LogP contribution in [0.4, 0.5) is 5.69 Å². The molecule has 6 heteroatoms. The minimum Gasteiger partial charge on any atom is -0.375 e. The normalized spacial score (nSPS) is 19.8. The second kappa shape index (κ2) is 5.99. The summed E-state index contributed by atoms with van der Waals surface area (Å²) in [5.41, 5.74) is -0.263. The summed E-state index contributed by atoms with van der Waals surface area (Å²) in [6, 6.07) is 12.3. The number of carbonyl (C=O) groups is 2. The number of Topliss-reactive ketones (excluding diaryl/α,β-unsaturated/α-hetero) is 1. The second-order valence-electron chi connectivity index (χ2n) is 5.49. The van der Waals surface area contributed by atoms with Gasteiger partial charge in [0.25, 0.3) is 5.91 Å². The fourth-order valence-electron chi connectivity index (χ4n) is 2.78. The van der Waals surface area contributed by atoms with Crippen LogP contribution in [-0.4, -0.2) is 23.8 Å². The van der Waals surface area contributed by atoms with E-state index in [1.165, 1.54) is 4.90 Å². The van der Waals surface area contributed by atoms with Crippen molar-refractivity contribution in [2.24, 2.45) is 0 Å². The van der Waals surface area contributed by atoms with E-state index in [-0.39, 0.29) is 12.2 Å². The van der Waals surface area contributed by atoms with Crippen LogP contribution in [0, 0.1) is 3.57 Å². The fourth-order valence-corrected chi connectivity index (χ4v) is 3.50. The molecule has 0 spiro atoms. The highest BCUT2D eigenvalue weighted by Gasteiger charge is 2.49. The van der Waals surface area contributed by atoms with Gasteiger partial charge < -0.3 is 10.0 Å². The molecule has 1 aliphatic heterocycles. The summed E-state index contributed by atoms with van der Waals surface area (Å²) >= 11 is 5.50. The predicted molar refractivity (Wildman–Crippen MR) is 99.6 cm³/mol. The summed E-state index contributed by atoms with van der Waals surface area (Å²) in [4.78, 5) is 26.4. The number of halogens is 2. The molecule has 1 heterocycles. The van der Waals surface area contributed by atoms with Crippen LogP contribution in [0.25, 0.3) is 0 Å². The number of amides is 1. The quantitative estimate of drug-likeness (QED) is 0.534. The van der Waals surface area contributed by atoms with Crippen LogP contribution in [-0.2, 0) is 10.4 Å². The number of hydrogen-bond donors (Lipinski definition) is 1. The van der Waals surface area contributed by atoms with Crippen molar-refractivity contribution >= 4 is 55.9 Å². The zero-order valence-electron chi connectivity index (χ0n) is 12.2. The molecule has 23 heavy (non-hydrogen) atoms. The molecule has 0 unspecified atom stereocenters. The van der Waals surface area contributed by atoms with Gasteiger partial charge in [0.1, 0.15) is 0 Å². The highest BCUT2D eigenvalue weighted by molar-refractivity contribution is 14.1. The average molecular weight is 486 g/mol. The lowest BCUT2D eigenvalue weighted by atomic mass is 9.88. The Labute approximate surface area is 155 Å². The van der Waals surface area contributed by atoms with E-state index < -0.39 is 11.5 Å². The third-order valence-electron chi connectivity index (χ3n) is 4.01. The van der Waals surface area contributed by atoms with Gasteiger partial charge in [-0.15, -0.1) is 0 Å². The van der Waals surface area contributed by atoms with E-state index in [4.69, 9.17) is 0 Å². The molecule has 0 saturated heterocycles. The standard InChI is InChI=1S/C17H13BrINO3/c1-20-14-7-4-11(18)8-13(14)17(23,16(20)22)9-15(21)10-2-5-12(19)6-3-10/h2-8,23H,9H2,1H3/t17-/m1/s1. The van der Waals surface area contributed by atoms with Crippen molar-refractivity contribution in [2.45, 2.75) is 12.0 Å². The van der Waals surface area contributed by atoms with Gasteiger partial charge in [0.2, 0.25) is 0 Å². The first-order chi connectivity index (χ1) is 10.8. The van der Waals surface area contributed by atoms with Crippen molar-refractivity contribution in [1.82, 2.24) is 0 Å². The Bertz CT molecular complexity index is 806. The number of anilines is 1. The summed E-state index contributed by atoms with van der Waals surface area (Å²) in [6.07, 6.45) is -0.278. The molecule has 2 aromatic carbocycles. The molecule has 2 aromatic rings. The molecule has 0 radical (unpaired) electrons. The number of hydrogen-bond acceptors (Lipinski definition) is 3. The molecule has 0 aromatic heterocycles. The van der Waals surface area contributed by atoms with Crippen molar-refractivity contribution in [3.63, 3.8) is 0 Å². The first-order valence-electron chi connectivity index (χ1n) is 6.92. The number of rotatable bonds is 3. The minimum atomic E-state index is -1.83. The summed E-state index contributed by atoms with van der Waals surface area (Å²) in [5, 5.41) is 11.0. The third kappa shape index (κ3) is 2.83. The van der Waals surface area contributed by atoms with E-state index in [1.807, 2.05) is 12.1 Å². The highest BCUT2D eigenvalue weighted by Crippen LogP contribution is 2.43. The number of nitrogens with zero attached hydrogens (tertiary/aromatic N) is 1. The van der Waals surface area contributed by atoms with Gasteiger partial charge in [0.15, 0.2) is 11.4 Å². The molecular weight excluding hydrogens is 473 g/mol. The fraction of sp³-hybridized carbons (Fsp3) is 0.176. The number of likely N-dealkylation sites (N-methyl/N-ethyl adjacent to an activating group) is 1. The zero-order chi connectivity index (χ0) is 16.8. The molecule has 0 bridgehead atoms. The maximum atomic E-state index is 12.5. The van der Waals surface area contributed by atoms with Crippen LogP contribution in [0.3, 0.4) is 0 Å². The van der Waals surface area contributed by atoms with E-state index in [0.29, 0.717) is 16.8 Å². The van der Waals surface area contributed by atoms with Crippen LogP contribution in [0.2, 0.25) is 0 Å². The van der Waals surface area contributed by atoms with Gasteiger partial charge in [-0.1, -0.05) is 28.1 Å². The first kappa shape index (κ1) is 16.6. The van der Waals surface area contributed by atoms with Gasteiger partial charge in [-0.25, -0.2) is 0 Å². The molecule has 1 N–H and O–H groups in total. The van der Waals surface area contributed by atoms with Crippen molar-refractivity contribution in [1.29, 1.82) is 0 Å². The van der Waals surface area contributed by atoms with Gasteiger partial charge in [0, 0.05) is 26.2 Å². The lowest BCUT2D eigenvalue weighted by molar-refractivity contribution is -0.135. The third-order valence-corrected chi connectivity index (χ3v) is 5.22. The van der Waals surface area contributed by atoms with E-state index in [2.05, 4.69) is 38.5 Å². The Balaban J connectivity index is 1.98. The lowest BCUT2D eigenvalue weighted by Crippen LogP contribution is -2.40. The Kier molecular flexibility index (Phi) is 4.33. The Morgan fingerprint density at radius 2 is 1.91 bits per heavy atom.